The van der Waals surface area contributed by atoms with Crippen LogP contribution in [0.25, 0.3) is 11.0 Å². The van der Waals surface area contributed by atoms with Crippen molar-refractivity contribution in [2.75, 3.05) is 11.9 Å². The number of hydrogen-bond donors (Lipinski definition) is 2. The molecule has 122 valence electrons. The largest absolute Gasteiger partial charge is 0.382 e. The minimum absolute atomic E-state index is 0.0826. The fourth-order valence-electron chi connectivity index (χ4n) is 2.34. The second-order valence-electron chi connectivity index (χ2n) is 6.96. The van der Waals surface area contributed by atoms with Gasteiger partial charge in [0.05, 0.1) is 11.0 Å². The van der Waals surface area contributed by atoms with Crippen LogP contribution in [0.1, 0.15) is 33.5 Å². The molecule has 0 bridgehead atoms. The van der Waals surface area contributed by atoms with Crippen molar-refractivity contribution in [2.24, 2.45) is 7.05 Å². The maximum atomic E-state index is 12.7. The quantitative estimate of drug-likeness (QED) is 0.911. The van der Waals surface area contributed by atoms with Gasteiger partial charge >= 0.3 is 0 Å². The van der Waals surface area contributed by atoms with Crippen molar-refractivity contribution in [3.8, 4) is 0 Å². The van der Waals surface area contributed by atoms with E-state index in [-0.39, 0.29) is 12.0 Å². The number of aryl methyl sites for hydroxylation is 1. The molecule has 1 atom stereocenters. The molecular weight excluding hydrogens is 288 g/mol. The Kier molecular flexibility index (Phi) is 4.17. The molecule has 0 aliphatic heterocycles. The number of halogens is 2. The second-order valence-corrected chi connectivity index (χ2v) is 6.96. The molecule has 2 aromatic rings. The molecule has 0 saturated carbocycles. The Hall–Kier alpha value is -1.69. The Labute approximate surface area is 129 Å². The van der Waals surface area contributed by atoms with E-state index < -0.39 is 12.0 Å². The highest BCUT2D eigenvalue weighted by Gasteiger charge is 2.31. The molecule has 0 spiro atoms. The van der Waals surface area contributed by atoms with Gasteiger partial charge in [0.25, 0.3) is 6.43 Å². The van der Waals surface area contributed by atoms with Crippen molar-refractivity contribution in [1.82, 2.24) is 9.55 Å². The zero-order valence-corrected chi connectivity index (χ0v) is 13.6. The number of hydrogen-bond acceptors (Lipinski definition) is 3. The highest BCUT2D eigenvalue weighted by atomic mass is 19.3. The molecule has 0 radical (unpaired) electrons. The standard InChI is InChI=1S/C16H23F2N3O/c1-15(2,3)14-20-11-8-10(6-7-12(11)21(14)5)19-9-16(4,22)13(17)18/h6-8,13,19,22H,9H2,1-5H3. The molecule has 1 aromatic heterocycles. The maximum absolute atomic E-state index is 12.7. The minimum atomic E-state index is -2.80. The van der Waals surface area contributed by atoms with Gasteiger partial charge in [-0.05, 0) is 25.1 Å². The molecule has 0 aliphatic rings. The number of aromatic nitrogens is 2. The van der Waals surface area contributed by atoms with Crippen LogP contribution in [0, 0.1) is 0 Å². The minimum Gasteiger partial charge on any atom is -0.382 e. The molecule has 0 saturated heterocycles. The fourth-order valence-corrected chi connectivity index (χ4v) is 2.34. The Morgan fingerprint density at radius 2 is 1.91 bits per heavy atom. The summed E-state index contributed by atoms with van der Waals surface area (Å²) in [7, 11) is 1.96. The van der Waals surface area contributed by atoms with Gasteiger partial charge < -0.3 is 15.0 Å². The molecule has 1 aromatic carbocycles. The molecule has 22 heavy (non-hydrogen) atoms. The third kappa shape index (κ3) is 3.21. The summed E-state index contributed by atoms with van der Waals surface area (Å²) in [5, 5.41) is 12.4. The zero-order valence-electron chi connectivity index (χ0n) is 13.6. The van der Waals surface area contributed by atoms with E-state index in [0.717, 1.165) is 23.8 Å². The van der Waals surface area contributed by atoms with Gasteiger partial charge in [-0.3, -0.25) is 0 Å². The average molecular weight is 311 g/mol. The normalized spacial score (nSPS) is 15.3. The average Bonchev–Trinajstić information content (AvgIpc) is 2.73. The van der Waals surface area contributed by atoms with Gasteiger partial charge in [-0.1, -0.05) is 20.8 Å². The van der Waals surface area contributed by atoms with Crippen molar-refractivity contribution in [3.63, 3.8) is 0 Å². The number of nitrogens with zero attached hydrogens (tertiary/aromatic N) is 2. The summed E-state index contributed by atoms with van der Waals surface area (Å²) < 4.78 is 27.3. The molecular formula is C16H23F2N3O. The van der Waals surface area contributed by atoms with E-state index in [1.807, 2.05) is 23.7 Å². The van der Waals surface area contributed by atoms with Crippen LogP contribution >= 0.6 is 0 Å². The molecule has 0 aliphatic carbocycles. The smallest absolute Gasteiger partial charge is 0.268 e. The lowest BCUT2D eigenvalue weighted by Crippen LogP contribution is -2.40. The zero-order chi connectivity index (χ0) is 16.7. The van der Waals surface area contributed by atoms with Crippen molar-refractivity contribution in [2.45, 2.75) is 45.1 Å². The first-order chi connectivity index (χ1) is 10.0. The lowest BCUT2D eigenvalue weighted by molar-refractivity contribution is -0.0732. The van der Waals surface area contributed by atoms with Gasteiger partial charge in [-0.15, -0.1) is 0 Å². The Morgan fingerprint density at radius 1 is 1.27 bits per heavy atom. The highest BCUT2D eigenvalue weighted by Crippen LogP contribution is 2.27. The first-order valence-corrected chi connectivity index (χ1v) is 7.24. The summed E-state index contributed by atoms with van der Waals surface area (Å²) in [4.78, 5) is 4.64. The molecule has 4 nitrogen and oxygen atoms in total. The number of fused-ring (bicyclic) bond motifs is 1. The van der Waals surface area contributed by atoms with Crippen LogP contribution in [0.5, 0.6) is 0 Å². The van der Waals surface area contributed by atoms with Gasteiger partial charge in [-0.2, -0.15) is 0 Å². The Morgan fingerprint density at radius 3 is 2.45 bits per heavy atom. The second kappa shape index (κ2) is 5.50. The van der Waals surface area contributed by atoms with Crippen molar-refractivity contribution in [3.05, 3.63) is 24.0 Å². The van der Waals surface area contributed by atoms with Crippen molar-refractivity contribution >= 4 is 16.7 Å². The molecule has 0 amide bonds. The molecule has 1 heterocycles. The Balaban J connectivity index is 2.28. The van der Waals surface area contributed by atoms with Crippen LogP contribution in [0.3, 0.4) is 0 Å². The monoisotopic (exact) mass is 311 g/mol. The number of anilines is 1. The Bertz CT molecular complexity index is 672. The van der Waals surface area contributed by atoms with Crippen LogP contribution in [0.4, 0.5) is 14.5 Å². The van der Waals surface area contributed by atoms with Crippen LogP contribution in [0.15, 0.2) is 18.2 Å². The van der Waals surface area contributed by atoms with Gasteiger partial charge in [0, 0.05) is 24.7 Å². The summed E-state index contributed by atoms with van der Waals surface area (Å²) in [6.45, 7) is 7.16. The summed E-state index contributed by atoms with van der Waals surface area (Å²) in [5.74, 6) is 0.958. The van der Waals surface area contributed by atoms with E-state index in [1.54, 1.807) is 6.07 Å². The van der Waals surface area contributed by atoms with Gasteiger partial charge in [0.2, 0.25) is 0 Å². The third-order valence-electron chi connectivity index (χ3n) is 3.67. The first kappa shape index (κ1) is 16.7. The number of nitrogens with one attached hydrogen (secondary N) is 1. The third-order valence-corrected chi connectivity index (χ3v) is 3.67. The summed E-state index contributed by atoms with van der Waals surface area (Å²) >= 11 is 0. The van der Waals surface area contributed by atoms with E-state index >= 15 is 0 Å². The summed E-state index contributed by atoms with van der Waals surface area (Å²) in [6.07, 6.45) is -2.80. The molecule has 0 fully saturated rings. The number of aliphatic hydroxyl groups is 1. The summed E-state index contributed by atoms with van der Waals surface area (Å²) in [5.41, 5.74) is 0.299. The van der Waals surface area contributed by atoms with Crippen LogP contribution in [-0.4, -0.2) is 33.2 Å². The van der Waals surface area contributed by atoms with Crippen LogP contribution < -0.4 is 5.32 Å². The SMILES string of the molecule is Cn1c(C(C)(C)C)nc2cc(NCC(C)(O)C(F)F)ccc21. The lowest BCUT2D eigenvalue weighted by Gasteiger charge is -2.23. The van der Waals surface area contributed by atoms with E-state index in [2.05, 4.69) is 31.1 Å². The fraction of sp³-hybridized carbons (Fsp3) is 0.562. The van der Waals surface area contributed by atoms with Crippen molar-refractivity contribution < 1.29 is 13.9 Å². The molecule has 2 rings (SSSR count). The highest BCUT2D eigenvalue weighted by molar-refractivity contribution is 5.80. The van der Waals surface area contributed by atoms with E-state index in [9.17, 15) is 13.9 Å². The van der Waals surface area contributed by atoms with Gasteiger partial charge in [0.1, 0.15) is 11.4 Å². The lowest BCUT2D eigenvalue weighted by atomic mass is 9.96. The summed E-state index contributed by atoms with van der Waals surface area (Å²) in [6, 6.07) is 5.52. The molecule has 2 N–H and O–H groups in total. The van der Waals surface area contributed by atoms with E-state index in [0.29, 0.717) is 5.69 Å². The molecule has 6 heteroatoms. The van der Waals surface area contributed by atoms with Crippen molar-refractivity contribution in [1.29, 1.82) is 0 Å². The topological polar surface area (TPSA) is 50.1 Å². The number of imidazole rings is 1. The number of alkyl halides is 2. The van der Waals surface area contributed by atoms with Gasteiger partial charge in [0.15, 0.2) is 0 Å². The number of benzene rings is 1. The molecule has 1 unspecified atom stereocenters. The van der Waals surface area contributed by atoms with Crippen LogP contribution in [0.2, 0.25) is 0 Å². The predicted molar refractivity (Wildman–Crippen MR) is 84.5 cm³/mol. The van der Waals surface area contributed by atoms with E-state index in [4.69, 9.17) is 0 Å². The maximum Gasteiger partial charge on any atom is 0.268 e. The van der Waals surface area contributed by atoms with Gasteiger partial charge in [-0.25, -0.2) is 13.8 Å². The van der Waals surface area contributed by atoms with Crippen LogP contribution in [-0.2, 0) is 12.5 Å². The number of rotatable bonds is 4. The van der Waals surface area contributed by atoms with E-state index in [1.165, 1.54) is 0 Å². The predicted octanol–water partition coefficient (Wildman–Crippen LogP) is 3.30. The first-order valence-electron chi connectivity index (χ1n) is 7.24.